The van der Waals surface area contributed by atoms with Crippen molar-refractivity contribution in [3.63, 3.8) is 0 Å². The molecule has 0 unspecified atom stereocenters. The van der Waals surface area contributed by atoms with Crippen LogP contribution in [-0.4, -0.2) is 5.78 Å². The smallest absolute Gasteiger partial charge is 0.137 e. The van der Waals surface area contributed by atoms with Gasteiger partial charge >= 0.3 is 0 Å². The molecule has 0 bridgehead atoms. The first-order valence-electron chi connectivity index (χ1n) is 7.75. The molecular weight excluding hydrogens is 270 g/mol. The number of ketones is 1. The predicted molar refractivity (Wildman–Crippen MR) is 91.1 cm³/mol. The van der Waals surface area contributed by atoms with Gasteiger partial charge in [0.15, 0.2) is 0 Å². The normalized spacial score (nSPS) is 14.3. The molecule has 1 N–H and O–H groups in total. The van der Waals surface area contributed by atoms with E-state index in [0.717, 1.165) is 23.4 Å². The molecule has 2 aromatic rings. The van der Waals surface area contributed by atoms with Crippen LogP contribution in [0.5, 0.6) is 0 Å². The Morgan fingerprint density at radius 1 is 1.23 bits per heavy atom. The number of allylic oxidation sites excluding steroid dienone is 1. The number of carbonyl (C=O) groups is 1. The Hall–Kier alpha value is -2.35. The minimum atomic E-state index is 0.268. The lowest BCUT2D eigenvalue weighted by Crippen LogP contribution is -2.07. The van der Waals surface area contributed by atoms with Gasteiger partial charge < -0.3 is 5.32 Å². The van der Waals surface area contributed by atoms with E-state index in [0.29, 0.717) is 18.6 Å². The van der Waals surface area contributed by atoms with E-state index in [4.69, 9.17) is 0 Å². The predicted octanol–water partition coefficient (Wildman–Crippen LogP) is 4.47. The van der Waals surface area contributed by atoms with E-state index < -0.39 is 0 Å². The fraction of sp³-hybridized carbons (Fsp3) is 0.250. The molecule has 0 aliphatic carbocycles. The lowest BCUT2D eigenvalue weighted by atomic mass is 9.93. The second kappa shape index (κ2) is 6.18. The summed E-state index contributed by atoms with van der Waals surface area (Å²) in [4.78, 5) is 12.3. The van der Waals surface area contributed by atoms with Gasteiger partial charge in [-0.1, -0.05) is 56.0 Å². The van der Waals surface area contributed by atoms with Gasteiger partial charge in [0.25, 0.3) is 0 Å². The molecular formula is C20H21NO. The summed E-state index contributed by atoms with van der Waals surface area (Å²) >= 11 is 0. The lowest BCUT2D eigenvalue weighted by molar-refractivity contribution is -0.118. The Balaban J connectivity index is 1.63. The molecule has 0 spiro atoms. The molecule has 0 aromatic heterocycles. The maximum Gasteiger partial charge on any atom is 0.137 e. The Morgan fingerprint density at radius 2 is 2.00 bits per heavy atom. The summed E-state index contributed by atoms with van der Waals surface area (Å²) in [5.41, 5.74) is 5.72. The first kappa shape index (κ1) is 14.6. The van der Waals surface area contributed by atoms with Crippen LogP contribution in [0.4, 0.5) is 5.69 Å². The summed E-state index contributed by atoms with van der Waals surface area (Å²) in [6.45, 7) is 6.07. The first-order chi connectivity index (χ1) is 10.6. The molecule has 2 nitrogen and oxygen atoms in total. The van der Waals surface area contributed by atoms with Gasteiger partial charge in [0.1, 0.15) is 5.78 Å². The standard InChI is InChI=1S/C20H21NO/c1-14(17-6-4-3-5-7-17)10-19(22)13-16-8-9-20-18(12-16)11-15(2)21-20/h3-9,12,14,21H,2,10-11,13H2,1H3/t14-/m0/s1. The number of benzene rings is 2. The van der Waals surface area contributed by atoms with Crippen molar-refractivity contribution in [2.75, 3.05) is 5.32 Å². The summed E-state index contributed by atoms with van der Waals surface area (Å²) < 4.78 is 0. The Bertz CT molecular complexity index is 703. The minimum Gasteiger partial charge on any atom is -0.359 e. The van der Waals surface area contributed by atoms with Gasteiger partial charge in [0, 0.05) is 30.6 Å². The second-order valence-corrected chi connectivity index (χ2v) is 6.13. The van der Waals surface area contributed by atoms with Crippen molar-refractivity contribution < 1.29 is 4.79 Å². The van der Waals surface area contributed by atoms with E-state index >= 15 is 0 Å². The Labute approximate surface area is 131 Å². The molecule has 1 aliphatic heterocycles. The van der Waals surface area contributed by atoms with Gasteiger partial charge in [-0.15, -0.1) is 0 Å². The summed E-state index contributed by atoms with van der Waals surface area (Å²) in [5.74, 6) is 0.561. The highest BCUT2D eigenvalue weighted by Gasteiger charge is 2.15. The molecule has 112 valence electrons. The zero-order valence-electron chi connectivity index (χ0n) is 12.9. The van der Waals surface area contributed by atoms with Crippen LogP contribution in [0.15, 0.2) is 60.8 Å². The van der Waals surface area contributed by atoms with Crippen molar-refractivity contribution in [2.45, 2.75) is 32.1 Å². The number of rotatable bonds is 5. The third kappa shape index (κ3) is 3.28. The van der Waals surface area contributed by atoms with Crippen LogP contribution in [0.3, 0.4) is 0 Å². The molecule has 3 rings (SSSR count). The number of anilines is 1. The number of hydrogen-bond donors (Lipinski definition) is 1. The maximum atomic E-state index is 12.3. The highest BCUT2D eigenvalue weighted by molar-refractivity contribution is 5.82. The molecule has 1 atom stereocenters. The van der Waals surface area contributed by atoms with Gasteiger partial charge in [0.2, 0.25) is 0 Å². The molecule has 0 radical (unpaired) electrons. The number of hydrogen-bond acceptors (Lipinski definition) is 2. The largest absolute Gasteiger partial charge is 0.359 e. The van der Waals surface area contributed by atoms with Gasteiger partial charge in [-0.2, -0.15) is 0 Å². The summed E-state index contributed by atoms with van der Waals surface area (Å²) in [5, 5.41) is 3.25. The van der Waals surface area contributed by atoms with Crippen LogP contribution < -0.4 is 5.32 Å². The van der Waals surface area contributed by atoms with Crippen LogP contribution in [0.1, 0.15) is 36.0 Å². The van der Waals surface area contributed by atoms with Crippen LogP contribution in [0, 0.1) is 0 Å². The zero-order chi connectivity index (χ0) is 15.5. The van der Waals surface area contributed by atoms with Crippen LogP contribution in [0.2, 0.25) is 0 Å². The van der Waals surface area contributed by atoms with Crippen molar-refractivity contribution in [2.24, 2.45) is 0 Å². The fourth-order valence-corrected chi connectivity index (χ4v) is 3.03. The van der Waals surface area contributed by atoms with E-state index in [-0.39, 0.29) is 5.92 Å². The SMILES string of the molecule is C=C1Cc2cc(CC(=O)C[C@H](C)c3ccccc3)ccc2N1. The van der Waals surface area contributed by atoms with Crippen molar-refractivity contribution in [1.29, 1.82) is 0 Å². The summed E-state index contributed by atoms with van der Waals surface area (Å²) in [6, 6.07) is 16.4. The van der Waals surface area contributed by atoms with Gasteiger partial charge in [-0.3, -0.25) is 4.79 Å². The van der Waals surface area contributed by atoms with E-state index in [1.807, 2.05) is 24.3 Å². The maximum absolute atomic E-state index is 12.3. The topological polar surface area (TPSA) is 29.1 Å². The van der Waals surface area contributed by atoms with Crippen molar-refractivity contribution in [1.82, 2.24) is 0 Å². The van der Waals surface area contributed by atoms with E-state index in [9.17, 15) is 4.79 Å². The number of nitrogens with one attached hydrogen (secondary N) is 1. The number of Topliss-reactive ketones (excluding diaryl/α,β-unsaturated/α-hetero) is 1. The summed E-state index contributed by atoms with van der Waals surface area (Å²) in [6.07, 6.45) is 1.96. The summed E-state index contributed by atoms with van der Waals surface area (Å²) in [7, 11) is 0. The van der Waals surface area contributed by atoms with Crippen LogP contribution in [-0.2, 0) is 17.6 Å². The monoisotopic (exact) mass is 291 g/mol. The van der Waals surface area contributed by atoms with Crippen LogP contribution >= 0.6 is 0 Å². The average Bonchev–Trinajstić information content (AvgIpc) is 2.87. The van der Waals surface area contributed by atoms with Crippen molar-refractivity contribution >= 4 is 11.5 Å². The highest BCUT2D eigenvalue weighted by atomic mass is 16.1. The van der Waals surface area contributed by atoms with Gasteiger partial charge in [-0.25, -0.2) is 0 Å². The molecule has 0 saturated carbocycles. The van der Waals surface area contributed by atoms with Crippen molar-refractivity contribution in [3.05, 3.63) is 77.5 Å². The molecule has 0 amide bonds. The lowest BCUT2D eigenvalue weighted by Gasteiger charge is -2.11. The van der Waals surface area contributed by atoms with Crippen LogP contribution in [0.25, 0.3) is 0 Å². The Morgan fingerprint density at radius 3 is 2.77 bits per heavy atom. The molecule has 2 heteroatoms. The first-order valence-corrected chi connectivity index (χ1v) is 7.75. The average molecular weight is 291 g/mol. The highest BCUT2D eigenvalue weighted by Crippen LogP contribution is 2.28. The third-order valence-electron chi connectivity index (χ3n) is 4.19. The zero-order valence-corrected chi connectivity index (χ0v) is 12.9. The van der Waals surface area contributed by atoms with E-state index in [1.54, 1.807) is 0 Å². The molecule has 0 saturated heterocycles. The Kier molecular flexibility index (Phi) is 4.10. The van der Waals surface area contributed by atoms with Gasteiger partial charge in [0.05, 0.1) is 0 Å². The minimum absolute atomic E-state index is 0.268. The molecule has 1 heterocycles. The number of fused-ring (bicyclic) bond motifs is 1. The molecule has 0 fully saturated rings. The van der Waals surface area contributed by atoms with E-state index in [1.165, 1.54) is 11.1 Å². The van der Waals surface area contributed by atoms with Gasteiger partial charge in [-0.05, 0) is 28.7 Å². The third-order valence-corrected chi connectivity index (χ3v) is 4.19. The molecule has 1 aliphatic rings. The van der Waals surface area contributed by atoms with Crippen molar-refractivity contribution in [3.8, 4) is 0 Å². The fourth-order valence-electron chi connectivity index (χ4n) is 3.03. The molecule has 2 aromatic carbocycles. The second-order valence-electron chi connectivity index (χ2n) is 6.13. The van der Waals surface area contributed by atoms with E-state index in [2.05, 4.69) is 43.1 Å². The molecule has 22 heavy (non-hydrogen) atoms. The quantitative estimate of drug-likeness (QED) is 0.880. The number of carbonyl (C=O) groups excluding carboxylic acids is 1.